The van der Waals surface area contributed by atoms with Crippen LogP contribution < -0.4 is 16.4 Å². The van der Waals surface area contributed by atoms with Crippen LogP contribution in [-0.4, -0.2) is 24.9 Å². The molecule has 94 valence electrons. The Morgan fingerprint density at radius 3 is 2.28 bits per heavy atom. The lowest BCUT2D eigenvalue weighted by Gasteiger charge is -2.23. The summed E-state index contributed by atoms with van der Waals surface area (Å²) in [6, 6.07) is 7.00. The first-order valence-corrected chi connectivity index (χ1v) is 5.75. The van der Waals surface area contributed by atoms with Gasteiger partial charge in [0.25, 0.3) is 0 Å². The number of primary amides is 2. The largest absolute Gasteiger partial charge is 0.368 e. The van der Waals surface area contributed by atoms with Crippen LogP contribution in [0.15, 0.2) is 22.7 Å². The molecule has 2 amide bonds. The second kappa shape index (κ2) is 6.02. The minimum absolute atomic E-state index is 0.186. The Morgan fingerprint density at radius 1 is 1.28 bits per heavy atom. The molecule has 0 fully saturated rings. The number of nitriles is 1. The van der Waals surface area contributed by atoms with E-state index in [1.165, 1.54) is 4.90 Å². The monoisotopic (exact) mass is 310 g/mol. The van der Waals surface area contributed by atoms with Crippen LogP contribution in [0.2, 0.25) is 0 Å². The van der Waals surface area contributed by atoms with Crippen molar-refractivity contribution in [2.75, 3.05) is 18.0 Å². The minimum atomic E-state index is -0.611. The number of hydrogen-bond donors (Lipinski definition) is 2. The van der Waals surface area contributed by atoms with Gasteiger partial charge in [0, 0.05) is 4.47 Å². The minimum Gasteiger partial charge on any atom is -0.368 e. The lowest BCUT2D eigenvalue weighted by Crippen LogP contribution is -2.40. The van der Waals surface area contributed by atoms with E-state index in [0.29, 0.717) is 15.7 Å². The molecule has 7 heteroatoms. The first-order chi connectivity index (χ1) is 8.45. The van der Waals surface area contributed by atoms with Crippen LogP contribution in [0.3, 0.4) is 0 Å². The predicted octanol–water partition coefficient (Wildman–Crippen LogP) is 0.0978. The topological polar surface area (TPSA) is 113 Å². The molecule has 0 aromatic heterocycles. The molecule has 0 atom stereocenters. The summed E-state index contributed by atoms with van der Waals surface area (Å²) in [7, 11) is 0. The summed E-state index contributed by atoms with van der Waals surface area (Å²) in [5.41, 5.74) is 11.0. The van der Waals surface area contributed by atoms with Crippen LogP contribution in [0.4, 0.5) is 5.69 Å². The molecular formula is C11H11BrN4O2. The zero-order valence-corrected chi connectivity index (χ0v) is 11.0. The van der Waals surface area contributed by atoms with E-state index in [-0.39, 0.29) is 13.1 Å². The third-order valence-corrected chi connectivity index (χ3v) is 2.80. The molecule has 0 saturated carbocycles. The summed E-state index contributed by atoms with van der Waals surface area (Å²) >= 11 is 3.23. The van der Waals surface area contributed by atoms with Crippen molar-refractivity contribution < 1.29 is 9.59 Å². The number of halogens is 1. The van der Waals surface area contributed by atoms with Gasteiger partial charge in [0.15, 0.2) is 0 Å². The van der Waals surface area contributed by atoms with Crippen molar-refractivity contribution in [2.45, 2.75) is 0 Å². The molecule has 0 aliphatic carbocycles. The Labute approximate surface area is 112 Å². The lowest BCUT2D eigenvalue weighted by molar-refractivity contribution is -0.117. The molecule has 1 aromatic carbocycles. The molecule has 0 aliphatic heterocycles. The average Bonchev–Trinajstić information content (AvgIpc) is 2.26. The molecule has 0 bridgehead atoms. The second-order valence-electron chi connectivity index (χ2n) is 3.53. The quantitative estimate of drug-likeness (QED) is 0.802. The third-order valence-electron chi connectivity index (χ3n) is 2.14. The summed E-state index contributed by atoms with van der Waals surface area (Å²) in [6.45, 7) is -0.373. The van der Waals surface area contributed by atoms with Gasteiger partial charge in [-0.3, -0.25) is 9.59 Å². The van der Waals surface area contributed by atoms with Crippen molar-refractivity contribution in [3.05, 3.63) is 28.2 Å². The molecule has 0 radical (unpaired) electrons. The van der Waals surface area contributed by atoms with Crippen LogP contribution in [0, 0.1) is 11.3 Å². The van der Waals surface area contributed by atoms with Gasteiger partial charge >= 0.3 is 0 Å². The molecule has 0 saturated heterocycles. The van der Waals surface area contributed by atoms with E-state index in [9.17, 15) is 9.59 Å². The second-order valence-corrected chi connectivity index (χ2v) is 4.39. The van der Waals surface area contributed by atoms with Crippen LogP contribution in [0.1, 0.15) is 5.56 Å². The summed E-state index contributed by atoms with van der Waals surface area (Å²) in [4.78, 5) is 23.3. The van der Waals surface area contributed by atoms with Gasteiger partial charge < -0.3 is 16.4 Å². The maximum atomic E-state index is 11.0. The van der Waals surface area contributed by atoms with E-state index in [1.807, 2.05) is 6.07 Å². The van der Waals surface area contributed by atoms with Gasteiger partial charge in [-0.05, 0) is 28.1 Å². The highest BCUT2D eigenvalue weighted by atomic mass is 79.9. The number of hydrogen-bond acceptors (Lipinski definition) is 4. The van der Waals surface area contributed by atoms with Gasteiger partial charge in [0.05, 0.1) is 24.3 Å². The molecule has 1 rings (SSSR count). The Bertz CT molecular complexity index is 508. The molecular weight excluding hydrogens is 300 g/mol. The fourth-order valence-electron chi connectivity index (χ4n) is 1.49. The van der Waals surface area contributed by atoms with E-state index < -0.39 is 11.8 Å². The summed E-state index contributed by atoms with van der Waals surface area (Å²) < 4.78 is 0.571. The van der Waals surface area contributed by atoms with E-state index >= 15 is 0 Å². The van der Waals surface area contributed by atoms with Gasteiger partial charge in [-0.2, -0.15) is 5.26 Å². The molecule has 18 heavy (non-hydrogen) atoms. The number of carbonyl (C=O) groups excluding carboxylic acids is 2. The van der Waals surface area contributed by atoms with E-state index in [0.717, 1.165) is 0 Å². The van der Waals surface area contributed by atoms with E-state index in [2.05, 4.69) is 15.9 Å². The van der Waals surface area contributed by atoms with E-state index in [1.54, 1.807) is 18.2 Å². The van der Waals surface area contributed by atoms with E-state index in [4.69, 9.17) is 16.7 Å². The first kappa shape index (κ1) is 14.0. The first-order valence-electron chi connectivity index (χ1n) is 4.96. The maximum Gasteiger partial charge on any atom is 0.236 e. The van der Waals surface area contributed by atoms with Crippen molar-refractivity contribution in [2.24, 2.45) is 11.5 Å². The number of nitrogens with zero attached hydrogens (tertiary/aromatic N) is 2. The fourth-order valence-corrected chi connectivity index (χ4v) is 1.93. The van der Waals surface area contributed by atoms with Gasteiger partial charge in [0.1, 0.15) is 6.07 Å². The number of benzene rings is 1. The number of rotatable bonds is 5. The number of anilines is 1. The van der Waals surface area contributed by atoms with Crippen LogP contribution in [-0.2, 0) is 9.59 Å². The number of amides is 2. The standard InChI is InChI=1S/C11H11BrN4O2/c12-8-2-1-3-9(7(8)4-13)16(5-10(14)17)6-11(15)18/h1-3H,5-6H2,(H2,14,17)(H2,15,18). The smallest absolute Gasteiger partial charge is 0.236 e. The molecule has 0 aliphatic rings. The zero-order valence-electron chi connectivity index (χ0n) is 9.39. The van der Waals surface area contributed by atoms with Crippen molar-refractivity contribution in [1.82, 2.24) is 0 Å². The zero-order chi connectivity index (χ0) is 13.7. The van der Waals surface area contributed by atoms with Crippen LogP contribution in [0.5, 0.6) is 0 Å². The summed E-state index contributed by atoms with van der Waals surface area (Å²) in [5.74, 6) is -1.22. The number of carbonyl (C=O) groups is 2. The SMILES string of the molecule is N#Cc1c(Br)cccc1N(CC(N)=O)CC(N)=O. The maximum absolute atomic E-state index is 11.0. The Balaban J connectivity index is 3.20. The summed E-state index contributed by atoms with van der Waals surface area (Å²) in [5, 5.41) is 9.08. The van der Waals surface area contributed by atoms with Crippen molar-refractivity contribution in [1.29, 1.82) is 5.26 Å². The Kier molecular flexibility index (Phi) is 4.68. The third kappa shape index (κ3) is 3.46. The fraction of sp³-hybridized carbons (Fsp3) is 0.182. The summed E-state index contributed by atoms with van der Waals surface area (Å²) in [6.07, 6.45) is 0. The molecule has 1 aromatic rings. The van der Waals surface area contributed by atoms with Gasteiger partial charge in [-0.25, -0.2) is 0 Å². The van der Waals surface area contributed by atoms with Crippen molar-refractivity contribution in [3.63, 3.8) is 0 Å². The van der Waals surface area contributed by atoms with Crippen molar-refractivity contribution >= 4 is 33.4 Å². The van der Waals surface area contributed by atoms with Crippen molar-refractivity contribution in [3.8, 4) is 6.07 Å². The van der Waals surface area contributed by atoms with Gasteiger partial charge in [0.2, 0.25) is 11.8 Å². The highest BCUT2D eigenvalue weighted by Gasteiger charge is 2.17. The Morgan fingerprint density at radius 2 is 1.83 bits per heavy atom. The lowest BCUT2D eigenvalue weighted by atomic mass is 10.1. The molecule has 0 spiro atoms. The normalized spacial score (nSPS) is 9.56. The molecule has 0 unspecified atom stereocenters. The molecule has 0 heterocycles. The molecule has 6 nitrogen and oxygen atoms in total. The van der Waals surface area contributed by atoms with Crippen LogP contribution >= 0.6 is 15.9 Å². The predicted molar refractivity (Wildman–Crippen MR) is 69.5 cm³/mol. The number of nitrogens with two attached hydrogens (primary N) is 2. The highest BCUT2D eigenvalue weighted by Crippen LogP contribution is 2.26. The van der Waals surface area contributed by atoms with Gasteiger partial charge in [-0.15, -0.1) is 0 Å². The molecule has 4 N–H and O–H groups in total. The van der Waals surface area contributed by atoms with Gasteiger partial charge in [-0.1, -0.05) is 6.07 Å². The Hall–Kier alpha value is -2.07. The highest BCUT2D eigenvalue weighted by molar-refractivity contribution is 9.10. The average molecular weight is 311 g/mol. The van der Waals surface area contributed by atoms with Crippen LogP contribution in [0.25, 0.3) is 0 Å².